The quantitative estimate of drug-likeness (QED) is 0.174. The number of ether oxygens (including phenoxy) is 1. The van der Waals surface area contributed by atoms with Crippen molar-refractivity contribution in [3.05, 3.63) is 89.4 Å². The molecular formula is C35H37ClF2N8O3. The highest BCUT2D eigenvalue weighted by atomic mass is 35.5. The second-order valence-corrected chi connectivity index (χ2v) is 14.5. The first-order valence-electron chi connectivity index (χ1n) is 15.9. The third kappa shape index (κ3) is 7.03. The van der Waals surface area contributed by atoms with Gasteiger partial charge in [0.2, 0.25) is 0 Å². The van der Waals surface area contributed by atoms with E-state index in [1.165, 1.54) is 17.0 Å². The smallest absolute Gasteiger partial charge is 0.306 e. The van der Waals surface area contributed by atoms with Crippen LogP contribution in [0, 0.1) is 10.8 Å². The number of aromatic nitrogens is 5. The fourth-order valence-electron chi connectivity index (χ4n) is 6.20. The summed E-state index contributed by atoms with van der Waals surface area (Å²) in [5.74, 6) is -1.52. The number of esters is 1. The lowest BCUT2D eigenvalue weighted by Gasteiger charge is -2.35. The maximum absolute atomic E-state index is 14.9. The molecule has 11 nitrogen and oxygen atoms in total. The predicted octanol–water partition coefficient (Wildman–Crippen LogP) is 6.58. The first-order chi connectivity index (χ1) is 23.2. The zero-order chi connectivity index (χ0) is 35.1. The van der Waals surface area contributed by atoms with Gasteiger partial charge in [0.25, 0.3) is 12.3 Å². The van der Waals surface area contributed by atoms with Crippen molar-refractivity contribution in [3.8, 4) is 16.9 Å². The number of aliphatic imine (C=N–C) groups is 1. The summed E-state index contributed by atoms with van der Waals surface area (Å²) in [4.78, 5) is 46.3. The Hall–Kier alpha value is -4.78. The van der Waals surface area contributed by atoms with Gasteiger partial charge >= 0.3 is 5.97 Å². The number of rotatable bonds is 11. The van der Waals surface area contributed by atoms with Gasteiger partial charge in [-0.15, -0.1) is 0 Å². The fourth-order valence-corrected chi connectivity index (χ4v) is 6.40. The monoisotopic (exact) mass is 690 g/mol. The Labute approximate surface area is 287 Å². The minimum atomic E-state index is -2.93. The van der Waals surface area contributed by atoms with E-state index in [9.17, 15) is 18.4 Å². The van der Waals surface area contributed by atoms with Crippen molar-refractivity contribution in [2.45, 2.75) is 71.4 Å². The third-order valence-electron chi connectivity index (χ3n) is 8.87. The van der Waals surface area contributed by atoms with Gasteiger partial charge in [-0.25, -0.2) is 23.4 Å². The molecule has 1 aliphatic heterocycles. The van der Waals surface area contributed by atoms with Crippen LogP contribution in [0.25, 0.3) is 16.9 Å². The van der Waals surface area contributed by atoms with Gasteiger partial charge in [-0.2, -0.15) is 5.10 Å². The number of halogens is 3. The Kier molecular flexibility index (Phi) is 8.99. The summed E-state index contributed by atoms with van der Waals surface area (Å²) >= 11 is 6.49. The second kappa shape index (κ2) is 12.9. The topological polar surface area (TPSA) is 141 Å². The molecule has 6 rings (SSSR count). The number of benzene rings is 2. The van der Waals surface area contributed by atoms with E-state index < -0.39 is 35.7 Å². The molecule has 1 saturated carbocycles. The van der Waals surface area contributed by atoms with E-state index in [-0.39, 0.29) is 40.5 Å². The molecular weight excluding hydrogens is 654 g/mol. The van der Waals surface area contributed by atoms with Gasteiger partial charge in [0, 0.05) is 18.0 Å². The zero-order valence-electron chi connectivity index (χ0n) is 27.6. The van der Waals surface area contributed by atoms with Crippen molar-refractivity contribution in [1.82, 2.24) is 29.6 Å². The maximum atomic E-state index is 14.9. The maximum Gasteiger partial charge on any atom is 0.306 e. The van der Waals surface area contributed by atoms with Crippen LogP contribution in [-0.2, 0) is 19.9 Å². The van der Waals surface area contributed by atoms with Crippen LogP contribution in [0.5, 0.6) is 0 Å². The molecule has 0 unspecified atom stereocenters. The third-order valence-corrected chi connectivity index (χ3v) is 9.19. The van der Waals surface area contributed by atoms with Crippen LogP contribution >= 0.6 is 11.6 Å². The van der Waals surface area contributed by atoms with Crippen molar-refractivity contribution < 1.29 is 23.1 Å². The molecule has 2 N–H and O–H groups in total. The molecule has 1 fully saturated rings. The summed E-state index contributed by atoms with van der Waals surface area (Å²) in [7, 11) is 0. The Morgan fingerprint density at radius 1 is 1.10 bits per heavy atom. The van der Waals surface area contributed by atoms with Crippen LogP contribution in [-0.4, -0.2) is 54.1 Å². The normalized spacial score (nSPS) is 19.2. The molecule has 49 heavy (non-hydrogen) atoms. The van der Waals surface area contributed by atoms with E-state index in [0.717, 1.165) is 29.4 Å². The summed E-state index contributed by atoms with van der Waals surface area (Å²) in [6.07, 6.45) is 5.30. The van der Waals surface area contributed by atoms with Crippen LogP contribution in [0.2, 0.25) is 5.02 Å². The Morgan fingerprint density at radius 2 is 1.84 bits per heavy atom. The zero-order valence-corrected chi connectivity index (χ0v) is 28.4. The molecule has 0 bridgehead atoms. The molecule has 14 heteroatoms. The Morgan fingerprint density at radius 3 is 2.47 bits per heavy atom. The molecule has 1 aliphatic carbocycles. The van der Waals surface area contributed by atoms with Gasteiger partial charge in [-0.1, -0.05) is 69.6 Å². The minimum absolute atomic E-state index is 0.0759. The minimum Gasteiger partial charge on any atom is -0.463 e. The van der Waals surface area contributed by atoms with Crippen molar-refractivity contribution in [2.75, 3.05) is 6.61 Å². The molecule has 3 heterocycles. The van der Waals surface area contributed by atoms with Crippen molar-refractivity contribution >= 4 is 29.4 Å². The Balaban J connectivity index is 1.41. The number of hydrogen-bond donors (Lipinski definition) is 1. The molecule has 2 aromatic heterocycles. The number of hydrogen-bond acceptors (Lipinski definition) is 9. The average Bonchev–Trinajstić information content (AvgIpc) is 3.46. The first kappa shape index (κ1) is 34.1. The lowest BCUT2D eigenvalue weighted by molar-refractivity contribution is -0.148. The molecule has 2 aromatic carbocycles. The number of nitrogens with two attached hydrogens (primary N) is 1. The Bertz CT molecular complexity index is 1890. The first-order valence-corrected chi connectivity index (χ1v) is 16.3. The second-order valence-electron chi connectivity index (χ2n) is 14.1. The SMILES string of the molecule is CC(C)(C)C[C@]1(c2ccc(-c3cnccn3)cc2)N=C(N)N([C@H](COC(=O)CC2(C)CC2)c2ccc(Cl)c(-n3ncnc3C(F)F)c2)C1=O. The van der Waals surface area contributed by atoms with E-state index in [1.807, 2.05) is 52.0 Å². The van der Waals surface area contributed by atoms with Gasteiger partial charge in [-0.3, -0.25) is 24.5 Å². The largest absolute Gasteiger partial charge is 0.463 e. The van der Waals surface area contributed by atoms with E-state index in [1.54, 1.807) is 24.7 Å². The molecule has 2 atom stereocenters. The molecule has 2 aliphatic rings. The number of carbonyl (C=O) groups is 2. The van der Waals surface area contributed by atoms with E-state index in [0.29, 0.717) is 23.2 Å². The number of carbonyl (C=O) groups excluding carboxylic acids is 2. The number of alkyl halides is 2. The summed E-state index contributed by atoms with van der Waals surface area (Å²) < 4.78 is 34.4. The highest BCUT2D eigenvalue weighted by Gasteiger charge is 2.53. The van der Waals surface area contributed by atoms with Crippen LogP contribution in [0.4, 0.5) is 8.78 Å². The van der Waals surface area contributed by atoms with Crippen LogP contribution < -0.4 is 5.73 Å². The van der Waals surface area contributed by atoms with E-state index >= 15 is 0 Å². The van der Waals surface area contributed by atoms with E-state index in [4.69, 9.17) is 27.1 Å². The van der Waals surface area contributed by atoms with E-state index in [2.05, 4.69) is 20.1 Å². The lowest BCUT2D eigenvalue weighted by atomic mass is 9.75. The molecule has 0 saturated heterocycles. The number of nitrogens with zero attached hydrogens (tertiary/aromatic N) is 7. The summed E-state index contributed by atoms with van der Waals surface area (Å²) in [5.41, 5.74) is 7.35. The number of amides is 1. The van der Waals surface area contributed by atoms with Gasteiger partial charge in [0.05, 0.1) is 35.1 Å². The van der Waals surface area contributed by atoms with Crippen LogP contribution in [0.3, 0.4) is 0 Å². The van der Waals surface area contributed by atoms with Gasteiger partial charge in [0.1, 0.15) is 12.9 Å². The van der Waals surface area contributed by atoms with Crippen LogP contribution in [0.15, 0.2) is 72.4 Å². The van der Waals surface area contributed by atoms with Gasteiger partial charge < -0.3 is 10.5 Å². The highest BCUT2D eigenvalue weighted by molar-refractivity contribution is 6.32. The summed E-state index contributed by atoms with van der Waals surface area (Å²) in [6.45, 7) is 7.76. The predicted molar refractivity (Wildman–Crippen MR) is 179 cm³/mol. The summed E-state index contributed by atoms with van der Waals surface area (Å²) in [6, 6.07) is 11.0. The van der Waals surface area contributed by atoms with Crippen LogP contribution in [0.1, 0.15) is 82.8 Å². The standard InChI is InChI=1S/C35H37ClF2N8O3/c1-33(2,3)19-35(23-8-5-21(6-9-23)25-17-40-13-14-41-25)31(48)45(32(39)44-35)27(18-49-28(47)16-34(4)11-12-34)22-7-10-24(36)26(15-22)46-30(29(37)38)42-20-43-46/h5-10,13-15,17,20,27,29H,11-12,16,18-19H2,1-4H3,(H2,39,44)/t27-,35-/m1/s1. The summed E-state index contributed by atoms with van der Waals surface area (Å²) in [5, 5.41) is 4.09. The van der Waals surface area contributed by atoms with Gasteiger partial charge in [-0.05, 0) is 53.4 Å². The average molecular weight is 691 g/mol. The van der Waals surface area contributed by atoms with Gasteiger partial charge in [0.15, 0.2) is 17.3 Å². The lowest BCUT2D eigenvalue weighted by Crippen LogP contribution is -2.47. The molecule has 256 valence electrons. The van der Waals surface area contributed by atoms with Crippen molar-refractivity contribution in [3.63, 3.8) is 0 Å². The molecule has 0 spiro atoms. The molecule has 0 radical (unpaired) electrons. The highest BCUT2D eigenvalue weighted by Crippen LogP contribution is 2.49. The fraction of sp³-hybridized carbons (Fsp3) is 0.400. The molecule has 1 amide bonds. The molecule has 4 aromatic rings. The number of guanidine groups is 1. The van der Waals surface area contributed by atoms with Crippen molar-refractivity contribution in [1.29, 1.82) is 0 Å². The van der Waals surface area contributed by atoms with Crippen molar-refractivity contribution in [2.24, 2.45) is 21.6 Å².